The molecule has 0 N–H and O–H groups in total. The molecule has 5 heteroatoms. The molecule has 32 heavy (non-hydrogen) atoms. The van der Waals surface area contributed by atoms with Gasteiger partial charge in [-0.15, -0.1) is 0 Å². The van der Waals surface area contributed by atoms with E-state index in [4.69, 9.17) is 4.74 Å². The van der Waals surface area contributed by atoms with Crippen molar-refractivity contribution in [3.05, 3.63) is 89.2 Å². The van der Waals surface area contributed by atoms with E-state index in [0.717, 1.165) is 49.6 Å². The number of hydrogen-bond donors (Lipinski definition) is 0. The number of benzene rings is 2. The number of nitriles is 1. The van der Waals surface area contributed by atoms with Crippen molar-refractivity contribution in [1.29, 1.82) is 5.26 Å². The minimum absolute atomic E-state index is 0.769. The van der Waals surface area contributed by atoms with E-state index in [1.165, 1.54) is 37.2 Å². The molecule has 0 bridgehead atoms. The molecule has 1 aliphatic heterocycles. The number of nitrogens with zero attached hydrogens (tertiary/aromatic N) is 4. The molecule has 166 valence electrons. The summed E-state index contributed by atoms with van der Waals surface area (Å²) in [6, 6.07) is 22.9. The van der Waals surface area contributed by atoms with Crippen LogP contribution in [0.3, 0.4) is 0 Å². The second-order valence-electron chi connectivity index (χ2n) is 8.51. The molecule has 0 spiro atoms. The molecule has 1 saturated heterocycles. The summed E-state index contributed by atoms with van der Waals surface area (Å²) in [6.07, 6.45) is 4.76. The first-order valence-electron chi connectivity index (χ1n) is 11.4. The normalized spacial score (nSPS) is 14.0. The Morgan fingerprint density at radius 1 is 1.00 bits per heavy atom. The van der Waals surface area contributed by atoms with Gasteiger partial charge >= 0.3 is 0 Å². The summed E-state index contributed by atoms with van der Waals surface area (Å²) in [5, 5.41) is 9.55. The zero-order valence-corrected chi connectivity index (χ0v) is 18.9. The van der Waals surface area contributed by atoms with E-state index in [1.807, 2.05) is 30.3 Å². The van der Waals surface area contributed by atoms with Gasteiger partial charge in [0.2, 0.25) is 0 Å². The van der Waals surface area contributed by atoms with Gasteiger partial charge in [0.15, 0.2) is 0 Å². The van der Waals surface area contributed by atoms with Crippen molar-refractivity contribution in [2.45, 2.75) is 32.5 Å². The number of methoxy groups -OCH3 is 1. The summed E-state index contributed by atoms with van der Waals surface area (Å²) < 4.78 is 7.70. The van der Waals surface area contributed by atoms with Crippen LogP contribution in [0.15, 0.2) is 66.9 Å². The molecule has 2 aromatic carbocycles. The Kier molecular flexibility index (Phi) is 7.60. The minimum atomic E-state index is 0.769. The first kappa shape index (κ1) is 22.1. The number of likely N-dealkylation sites (tertiary alicyclic amines) is 1. The molecule has 1 fully saturated rings. The van der Waals surface area contributed by atoms with Crippen LogP contribution in [0.5, 0.6) is 5.75 Å². The predicted octanol–water partition coefficient (Wildman–Crippen LogP) is 4.51. The fourth-order valence-corrected chi connectivity index (χ4v) is 4.46. The molecule has 0 unspecified atom stereocenters. The maximum absolute atomic E-state index is 9.55. The maximum Gasteiger partial charge on any atom is 0.119 e. The lowest BCUT2D eigenvalue weighted by Crippen LogP contribution is -2.34. The van der Waals surface area contributed by atoms with E-state index >= 15 is 0 Å². The van der Waals surface area contributed by atoms with Crippen molar-refractivity contribution in [3.63, 3.8) is 0 Å². The zero-order chi connectivity index (χ0) is 22.2. The summed E-state index contributed by atoms with van der Waals surface area (Å²) in [6.45, 7) is 6.92. The molecule has 0 amide bonds. The van der Waals surface area contributed by atoms with Crippen LogP contribution < -0.4 is 4.74 Å². The third-order valence-electron chi connectivity index (χ3n) is 6.26. The van der Waals surface area contributed by atoms with Gasteiger partial charge in [-0.3, -0.25) is 4.90 Å². The highest BCUT2D eigenvalue weighted by Crippen LogP contribution is 2.18. The largest absolute Gasteiger partial charge is 0.497 e. The summed E-state index contributed by atoms with van der Waals surface area (Å²) in [4.78, 5) is 5.03. The van der Waals surface area contributed by atoms with Gasteiger partial charge in [-0.05, 0) is 67.4 Å². The lowest BCUT2D eigenvalue weighted by Gasteiger charge is -2.26. The van der Waals surface area contributed by atoms with Crippen LogP contribution in [0.4, 0.5) is 0 Å². The van der Waals surface area contributed by atoms with Gasteiger partial charge in [0.1, 0.15) is 5.75 Å². The topological polar surface area (TPSA) is 44.4 Å². The van der Waals surface area contributed by atoms with E-state index in [0.29, 0.717) is 0 Å². The van der Waals surface area contributed by atoms with Gasteiger partial charge < -0.3 is 14.2 Å². The third kappa shape index (κ3) is 5.79. The van der Waals surface area contributed by atoms with Gasteiger partial charge in [-0.1, -0.05) is 30.3 Å². The zero-order valence-electron chi connectivity index (χ0n) is 18.9. The third-order valence-corrected chi connectivity index (χ3v) is 6.26. The van der Waals surface area contributed by atoms with Gasteiger partial charge in [0, 0.05) is 44.6 Å². The number of ether oxygens (including phenoxy) is 1. The molecule has 0 radical (unpaired) electrons. The highest BCUT2D eigenvalue weighted by molar-refractivity contribution is 5.37. The average molecular weight is 429 g/mol. The number of rotatable bonds is 10. The van der Waals surface area contributed by atoms with Crippen LogP contribution in [0.2, 0.25) is 0 Å². The molecule has 0 saturated carbocycles. The smallest absolute Gasteiger partial charge is 0.119 e. The quantitative estimate of drug-likeness (QED) is 0.476. The molecular formula is C27H32N4O. The second-order valence-corrected chi connectivity index (χ2v) is 8.51. The van der Waals surface area contributed by atoms with Crippen LogP contribution in [0, 0.1) is 11.3 Å². The first-order chi connectivity index (χ1) is 15.7. The predicted molar refractivity (Wildman–Crippen MR) is 127 cm³/mol. The lowest BCUT2D eigenvalue weighted by atomic mass is 10.1. The summed E-state index contributed by atoms with van der Waals surface area (Å²) in [5.74, 6) is 0.886. The van der Waals surface area contributed by atoms with E-state index in [1.54, 1.807) is 7.11 Å². The van der Waals surface area contributed by atoms with Gasteiger partial charge in [-0.25, -0.2) is 0 Å². The Labute approximate surface area is 191 Å². The highest BCUT2D eigenvalue weighted by atomic mass is 16.5. The van der Waals surface area contributed by atoms with Crippen molar-refractivity contribution >= 4 is 0 Å². The molecule has 1 aliphatic rings. The van der Waals surface area contributed by atoms with Crippen molar-refractivity contribution in [3.8, 4) is 11.8 Å². The fourth-order valence-electron chi connectivity index (χ4n) is 4.46. The molecule has 0 atom stereocenters. The molecule has 2 heterocycles. The highest BCUT2D eigenvalue weighted by Gasteiger charge is 2.16. The molecule has 3 aromatic rings. The van der Waals surface area contributed by atoms with Crippen molar-refractivity contribution in [2.75, 3.05) is 33.3 Å². The minimum Gasteiger partial charge on any atom is -0.497 e. The Bertz CT molecular complexity index is 1050. The fraction of sp³-hybridized carbons (Fsp3) is 0.370. The molecule has 0 aliphatic carbocycles. The maximum atomic E-state index is 9.55. The van der Waals surface area contributed by atoms with Gasteiger partial charge in [0.05, 0.1) is 18.7 Å². The lowest BCUT2D eigenvalue weighted by molar-refractivity contribution is 0.208. The van der Waals surface area contributed by atoms with Crippen LogP contribution in [0.1, 0.15) is 35.2 Å². The summed E-state index contributed by atoms with van der Waals surface area (Å²) in [7, 11) is 1.71. The van der Waals surface area contributed by atoms with Crippen molar-refractivity contribution < 1.29 is 4.74 Å². The van der Waals surface area contributed by atoms with Gasteiger partial charge in [-0.2, -0.15) is 5.26 Å². The van der Waals surface area contributed by atoms with E-state index in [9.17, 15) is 5.26 Å². The molecule has 5 nitrogen and oxygen atoms in total. The van der Waals surface area contributed by atoms with E-state index in [2.05, 4.69) is 57.0 Å². The average Bonchev–Trinajstić information content (AvgIpc) is 3.50. The Morgan fingerprint density at radius 2 is 1.84 bits per heavy atom. The number of hydrogen-bond acceptors (Lipinski definition) is 4. The van der Waals surface area contributed by atoms with Crippen LogP contribution >= 0.6 is 0 Å². The molecular weight excluding hydrogens is 396 g/mol. The Balaban J connectivity index is 1.50. The molecule has 4 rings (SSSR count). The van der Waals surface area contributed by atoms with Crippen LogP contribution in [0.25, 0.3) is 0 Å². The summed E-state index contributed by atoms with van der Waals surface area (Å²) in [5.41, 5.74) is 4.37. The summed E-state index contributed by atoms with van der Waals surface area (Å²) >= 11 is 0. The van der Waals surface area contributed by atoms with Gasteiger partial charge in [0.25, 0.3) is 0 Å². The monoisotopic (exact) mass is 428 g/mol. The van der Waals surface area contributed by atoms with Crippen LogP contribution in [-0.4, -0.2) is 47.7 Å². The molecule has 1 aromatic heterocycles. The van der Waals surface area contributed by atoms with E-state index in [-0.39, 0.29) is 0 Å². The SMILES string of the molecule is COc1cccc(Cn2cccc2CN(CCN2CCCC2)Cc2ccccc2C#N)c1. The Hall–Kier alpha value is -3.07. The number of aromatic nitrogens is 1. The second kappa shape index (κ2) is 11.0. The van der Waals surface area contributed by atoms with Crippen LogP contribution in [-0.2, 0) is 19.6 Å². The van der Waals surface area contributed by atoms with Crippen molar-refractivity contribution in [2.24, 2.45) is 0 Å². The Morgan fingerprint density at radius 3 is 2.66 bits per heavy atom. The standard InChI is InChI=1S/C27H32N4O/c1-32-27-12-6-8-23(18-27)20-31-15-7-11-26(31)22-30(17-16-29-13-4-5-14-29)21-25-10-3-2-9-24(25)19-28/h2-3,6-12,15,18H,4-5,13-14,16-17,20-22H2,1H3. The van der Waals surface area contributed by atoms with E-state index < -0.39 is 0 Å². The van der Waals surface area contributed by atoms with Crippen molar-refractivity contribution in [1.82, 2.24) is 14.4 Å². The first-order valence-corrected chi connectivity index (χ1v) is 11.4.